The van der Waals surface area contributed by atoms with Gasteiger partial charge in [0.15, 0.2) is 0 Å². The first kappa shape index (κ1) is 7.61. The number of rotatable bonds is 1. The third kappa shape index (κ3) is 1.12. The molecule has 0 atom stereocenters. The van der Waals surface area contributed by atoms with E-state index in [9.17, 15) is 0 Å². The van der Waals surface area contributed by atoms with Crippen molar-refractivity contribution in [3.8, 4) is 0 Å². The van der Waals surface area contributed by atoms with Crippen molar-refractivity contribution in [2.75, 3.05) is 0 Å². The molecule has 0 heteroatoms. The molecule has 1 saturated carbocycles. The van der Waals surface area contributed by atoms with Gasteiger partial charge in [0.2, 0.25) is 0 Å². The van der Waals surface area contributed by atoms with Gasteiger partial charge >= 0.3 is 0 Å². The van der Waals surface area contributed by atoms with Crippen molar-refractivity contribution in [3.05, 3.63) is 34.9 Å². The van der Waals surface area contributed by atoms with Crippen LogP contribution < -0.4 is 0 Å². The average molecular weight is 172 g/mol. The van der Waals surface area contributed by atoms with Crippen molar-refractivity contribution in [2.24, 2.45) is 5.41 Å². The number of fused-ring (bicyclic) bond motifs is 1. The quantitative estimate of drug-likeness (QED) is 0.565. The van der Waals surface area contributed by atoms with Crippen LogP contribution in [0.1, 0.15) is 39.0 Å². The molecule has 0 radical (unpaired) electrons. The predicted octanol–water partition coefficient (Wildman–Crippen LogP) is 3.76. The van der Waals surface area contributed by atoms with Gasteiger partial charge < -0.3 is 0 Å². The van der Waals surface area contributed by atoms with Crippen LogP contribution >= 0.6 is 0 Å². The van der Waals surface area contributed by atoms with Crippen LogP contribution in [-0.4, -0.2) is 0 Å². The smallest absolute Gasteiger partial charge is 0.0112 e. The molecule has 3 rings (SSSR count). The van der Waals surface area contributed by atoms with E-state index < -0.39 is 0 Å². The van der Waals surface area contributed by atoms with Gasteiger partial charge in [0.25, 0.3) is 0 Å². The van der Waals surface area contributed by atoms with Gasteiger partial charge in [-0.25, -0.2) is 0 Å². The third-order valence-electron chi connectivity index (χ3n) is 3.84. The van der Waals surface area contributed by atoms with Crippen LogP contribution in [0.15, 0.2) is 34.9 Å². The fourth-order valence-corrected chi connectivity index (χ4v) is 2.49. The second-order valence-electron chi connectivity index (χ2n) is 4.85. The highest BCUT2D eigenvalue weighted by Gasteiger charge is 2.41. The second-order valence-corrected chi connectivity index (χ2v) is 4.85. The monoisotopic (exact) mass is 172 g/mol. The molecule has 0 nitrogen and oxygen atoms in total. The largest absolute Gasteiger partial charge is 0.0769 e. The first-order valence-corrected chi connectivity index (χ1v) is 5.39. The molecule has 0 aliphatic heterocycles. The van der Waals surface area contributed by atoms with E-state index in [0.717, 1.165) is 0 Å². The first-order valence-electron chi connectivity index (χ1n) is 5.39. The number of allylic oxidation sites excluding steroid dienone is 6. The standard InChI is InChI=1S/C13H16/c1-13(7-8-13)12-6-5-10-3-2-4-11(10)9-12/h3-4,9H,2,5-8H2,1H3. The maximum Gasteiger partial charge on any atom is -0.0112 e. The summed E-state index contributed by atoms with van der Waals surface area (Å²) < 4.78 is 0. The Bertz CT molecular complexity index is 335. The summed E-state index contributed by atoms with van der Waals surface area (Å²) in [4.78, 5) is 0. The van der Waals surface area contributed by atoms with Crippen LogP contribution in [0.3, 0.4) is 0 Å². The lowest BCUT2D eigenvalue weighted by Gasteiger charge is -2.21. The molecule has 0 saturated heterocycles. The van der Waals surface area contributed by atoms with Crippen molar-refractivity contribution in [1.29, 1.82) is 0 Å². The molecule has 0 aromatic carbocycles. The molecule has 0 aromatic heterocycles. The molecule has 3 aliphatic rings. The van der Waals surface area contributed by atoms with Gasteiger partial charge in [-0.3, -0.25) is 0 Å². The van der Waals surface area contributed by atoms with Crippen LogP contribution in [-0.2, 0) is 0 Å². The normalized spacial score (nSPS) is 28.8. The molecule has 3 aliphatic carbocycles. The van der Waals surface area contributed by atoms with Gasteiger partial charge in [-0.05, 0) is 48.7 Å². The van der Waals surface area contributed by atoms with E-state index >= 15 is 0 Å². The van der Waals surface area contributed by atoms with E-state index in [0.29, 0.717) is 5.41 Å². The molecule has 0 N–H and O–H groups in total. The molecule has 0 aromatic rings. The van der Waals surface area contributed by atoms with Crippen molar-refractivity contribution < 1.29 is 0 Å². The second kappa shape index (κ2) is 2.37. The maximum absolute atomic E-state index is 2.47. The summed E-state index contributed by atoms with van der Waals surface area (Å²) in [6, 6.07) is 0. The van der Waals surface area contributed by atoms with Crippen molar-refractivity contribution in [3.63, 3.8) is 0 Å². The van der Waals surface area contributed by atoms with Crippen LogP contribution in [0.4, 0.5) is 0 Å². The molecular weight excluding hydrogens is 156 g/mol. The van der Waals surface area contributed by atoms with Gasteiger partial charge in [0, 0.05) is 0 Å². The average Bonchev–Trinajstić information content (AvgIpc) is 2.74. The van der Waals surface area contributed by atoms with Crippen LogP contribution in [0.25, 0.3) is 0 Å². The summed E-state index contributed by atoms with van der Waals surface area (Å²) in [5.41, 5.74) is 5.47. The Morgan fingerprint density at radius 1 is 1.15 bits per heavy atom. The summed E-state index contributed by atoms with van der Waals surface area (Å²) >= 11 is 0. The van der Waals surface area contributed by atoms with Crippen LogP contribution in [0.2, 0.25) is 0 Å². The highest BCUT2D eigenvalue weighted by Crippen LogP contribution is 2.55. The molecule has 13 heavy (non-hydrogen) atoms. The Hall–Kier alpha value is -0.780. The zero-order valence-electron chi connectivity index (χ0n) is 8.27. The van der Waals surface area contributed by atoms with Crippen molar-refractivity contribution >= 4 is 0 Å². The molecule has 0 unspecified atom stereocenters. The van der Waals surface area contributed by atoms with Crippen LogP contribution in [0, 0.1) is 5.41 Å². The molecule has 1 fully saturated rings. The van der Waals surface area contributed by atoms with Gasteiger partial charge in [0.05, 0.1) is 0 Å². The summed E-state index contributed by atoms with van der Waals surface area (Å²) in [5, 5.41) is 0. The van der Waals surface area contributed by atoms with Gasteiger partial charge in [-0.2, -0.15) is 0 Å². The summed E-state index contributed by atoms with van der Waals surface area (Å²) in [6.07, 6.45) is 13.9. The SMILES string of the molecule is CC1(C2=CC3=CCC=C3CC2)CC1. The van der Waals surface area contributed by atoms with E-state index in [1.54, 1.807) is 11.1 Å². The molecule has 0 amide bonds. The lowest BCUT2D eigenvalue weighted by Crippen LogP contribution is -2.05. The lowest BCUT2D eigenvalue weighted by atomic mass is 9.84. The Morgan fingerprint density at radius 2 is 2.00 bits per heavy atom. The maximum atomic E-state index is 2.47. The zero-order chi connectivity index (χ0) is 8.89. The number of hydrogen-bond acceptors (Lipinski definition) is 0. The summed E-state index contributed by atoms with van der Waals surface area (Å²) in [5.74, 6) is 0. The Kier molecular flexibility index (Phi) is 1.39. The van der Waals surface area contributed by atoms with Crippen LogP contribution in [0.5, 0.6) is 0 Å². The topological polar surface area (TPSA) is 0 Å². The lowest BCUT2D eigenvalue weighted by molar-refractivity contribution is 0.635. The minimum atomic E-state index is 0.606. The minimum Gasteiger partial charge on any atom is -0.0769 e. The first-order chi connectivity index (χ1) is 6.28. The van der Waals surface area contributed by atoms with Gasteiger partial charge in [-0.1, -0.05) is 30.7 Å². The molecule has 0 spiro atoms. The highest BCUT2D eigenvalue weighted by molar-refractivity contribution is 5.50. The van der Waals surface area contributed by atoms with E-state index in [2.05, 4.69) is 25.2 Å². The van der Waals surface area contributed by atoms with E-state index in [-0.39, 0.29) is 0 Å². The molecule has 0 heterocycles. The Labute approximate surface area is 80.0 Å². The summed E-state index contributed by atoms with van der Waals surface area (Å²) in [7, 11) is 0. The molecule has 0 bridgehead atoms. The Balaban J connectivity index is 1.96. The van der Waals surface area contributed by atoms with E-state index in [1.165, 1.54) is 37.7 Å². The van der Waals surface area contributed by atoms with E-state index in [1.807, 2.05) is 0 Å². The fraction of sp³-hybridized carbons (Fsp3) is 0.538. The Morgan fingerprint density at radius 3 is 2.77 bits per heavy atom. The zero-order valence-corrected chi connectivity index (χ0v) is 8.27. The summed E-state index contributed by atoms with van der Waals surface area (Å²) in [6.45, 7) is 2.42. The molecular formula is C13H16. The fourth-order valence-electron chi connectivity index (χ4n) is 2.49. The minimum absolute atomic E-state index is 0.606. The van der Waals surface area contributed by atoms with Gasteiger partial charge in [-0.15, -0.1) is 0 Å². The van der Waals surface area contributed by atoms with Gasteiger partial charge in [0.1, 0.15) is 0 Å². The van der Waals surface area contributed by atoms with Crippen molar-refractivity contribution in [2.45, 2.75) is 39.0 Å². The number of hydrogen-bond donors (Lipinski definition) is 0. The third-order valence-corrected chi connectivity index (χ3v) is 3.84. The van der Waals surface area contributed by atoms with E-state index in [4.69, 9.17) is 0 Å². The highest BCUT2D eigenvalue weighted by atomic mass is 14.5. The molecule has 68 valence electrons. The van der Waals surface area contributed by atoms with Crippen molar-refractivity contribution in [1.82, 2.24) is 0 Å². The predicted molar refractivity (Wildman–Crippen MR) is 55.4 cm³/mol.